The molecule has 0 bridgehead atoms. The Hall–Kier alpha value is -2.11. The van der Waals surface area contributed by atoms with Gasteiger partial charge >= 0.3 is 17.9 Å². The van der Waals surface area contributed by atoms with E-state index in [1.807, 2.05) is 0 Å². The monoisotopic (exact) mass is 817 g/mol. The summed E-state index contributed by atoms with van der Waals surface area (Å²) in [6.45, 7) is 6.55. The molecule has 340 valence electrons. The Balaban J connectivity index is 4.12. The quantitative estimate of drug-likeness (QED) is 0.0263. The average molecular weight is 817 g/mol. The van der Waals surface area contributed by atoms with Crippen LogP contribution in [0.25, 0.3) is 0 Å². The molecule has 0 N–H and O–H groups in total. The van der Waals surface area contributed by atoms with E-state index in [0.717, 1.165) is 70.6 Å². The van der Waals surface area contributed by atoms with Crippen LogP contribution in [0.15, 0.2) is 24.3 Å². The van der Waals surface area contributed by atoms with Gasteiger partial charge in [0.25, 0.3) is 0 Å². The molecule has 0 spiro atoms. The summed E-state index contributed by atoms with van der Waals surface area (Å²) in [6, 6.07) is 0. The van der Waals surface area contributed by atoms with Gasteiger partial charge < -0.3 is 14.2 Å². The fourth-order valence-electron chi connectivity index (χ4n) is 7.31. The lowest BCUT2D eigenvalue weighted by atomic mass is 10.1. The minimum Gasteiger partial charge on any atom is -0.462 e. The SMILES string of the molecule is CCCCCCC/C=C\CCCCCCCC(=O)OC(COC(=O)CCCCCCC)COC(=O)CCCCCCCCCCC/C=C\CCCCCCCCCC. The Morgan fingerprint density at radius 3 is 0.862 bits per heavy atom. The van der Waals surface area contributed by atoms with Crippen molar-refractivity contribution < 1.29 is 28.6 Å². The maximum atomic E-state index is 12.7. The minimum absolute atomic E-state index is 0.0738. The molecule has 0 radical (unpaired) electrons. The molecular weight excluding hydrogens is 721 g/mol. The maximum Gasteiger partial charge on any atom is 0.306 e. The highest BCUT2D eigenvalue weighted by Crippen LogP contribution is 2.15. The lowest BCUT2D eigenvalue weighted by Gasteiger charge is -2.18. The number of esters is 3. The third-order valence-corrected chi connectivity index (χ3v) is 11.2. The molecule has 0 saturated heterocycles. The molecule has 6 nitrogen and oxygen atoms in total. The van der Waals surface area contributed by atoms with Gasteiger partial charge in [-0.2, -0.15) is 0 Å². The van der Waals surface area contributed by atoms with Gasteiger partial charge in [-0.3, -0.25) is 14.4 Å². The fraction of sp³-hybridized carbons (Fsp3) is 0.865. The Morgan fingerprint density at radius 2 is 0.569 bits per heavy atom. The third kappa shape index (κ3) is 45.0. The maximum absolute atomic E-state index is 12.7. The number of hydrogen-bond acceptors (Lipinski definition) is 6. The van der Waals surface area contributed by atoms with Crippen molar-refractivity contribution in [1.29, 1.82) is 0 Å². The number of carbonyl (C=O) groups excluding carboxylic acids is 3. The lowest BCUT2D eigenvalue weighted by molar-refractivity contribution is -0.167. The van der Waals surface area contributed by atoms with Gasteiger partial charge in [-0.05, 0) is 70.6 Å². The van der Waals surface area contributed by atoms with Crippen molar-refractivity contribution in [2.75, 3.05) is 13.2 Å². The van der Waals surface area contributed by atoms with Crippen molar-refractivity contribution in [3.8, 4) is 0 Å². The van der Waals surface area contributed by atoms with Crippen LogP contribution >= 0.6 is 0 Å². The number of allylic oxidation sites excluding steroid dienone is 4. The summed E-state index contributed by atoms with van der Waals surface area (Å²) in [5.41, 5.74) is 0. The van der Waals surface area contributed by atoms with Gasteiger partial charge in [0, 0.05) is 19.3 Å². The molecule has 0 saturated carbocycles. The fourth-order valence-corrected chi connectivity index (χ4v) is 7.31. The van der Waals surface area contributed by atoms with Crippen LogP contribution in [0.1, 0.15) is 271 Å². The highest BCUT2D eigenvalue weighted by molar-refractivity contribution is 5.71. The summed E-state index contributed by atoms with van der Waals surface area (Å²) in [5, 5.41) is 0. The number of ether oxygens (including phenoxy) is 3. The van der Waals surface area contributed by atoms with Crippen molar-refractivity contribution in [2.45, 2.75) is 277 Å². The van der Waals surface area contributed by atoms with Gasteiger partial charge in [-0.1, -0.05) is 206 Å². The van der Waals surface area contributed by atoms with Crippen molar-refractivity contribution in [2.24, 2.45) is 0 Å². The summed E-state index contributed by atoms with van der Waals surface area (Å²) in [4.78, 5) is 37.6. The Labute approximate surface area is 360 Å². The number of hydrogen-bond donors (Lipinski definition) is 0. The second kappa shape index (κ2) is 47.6. The van der Waals surface area contributed by atoms with Crippen LogP contribution < -0.4 is 0 Å². The van der Waals surface area contributed by atoms with E-state index in [1.54, 1.807) is 0 Å². The zero-order valence-electron chi connectivity index (χ0n) is 38.8. The van der Waals surface area contributed by atoms with E-state index < -0.39 is 6.10 Å². The molecule has 0 aliphatic rings. The topological polar surface area (TPSA) is 78.9 Å². The summed E-state index contributed by atoms with van der Waals surface area (Å²) in [5.74, 6) is -0.890. The Kier molecular flexibility index (Phi) is 45.8. The van der Waals surface area contributed by atoms with E-state index in [-0.39, 0.29) is 31.1 Å². The zero-order valence-corrected chi connectivity index (χ0v) is 38.8. The lowest BCUT2D eigenvalue weighted by Crippen LogP contribution is -2.30. The largest absolute Gasteiger partial charge is 0.462 e. The molecule has 0 rings (SSSR count). The van der Waals surface area contributed by atoms with E-state index >= 15 is 0 Å². The van der Waals surface area contributed by atoms with E-state index in [0.29, 0.717) is 19.3 Å². The van der Waals surface area contributed by atoms with E-state index in [9.17, 15) is 14.4 Å². The molecule has 0 fully saturated rings. The van der Waals surface area contributed by atoms with Crippen molar-refractivity contribution in [3.05, 3.63) is 24.3 Å². The van der Waals surface area contributed by atoms with Gasteiger partial charge in [-0.25, -0.2) is 0 Å². The molecule has 0 heterocycles. The molecule has 6 heteroatoms. The number of carbonyl (C=O) groups is 3. The smallest absolute Gasteiger partial charge is 0.306 e. The van der Waals surface area contributed by atoms with Crippen LogP contribution in [0.5, 0.6) is 0 Å². The van der Waals surface area contributed by atoms with Crippen molar-refractivity contribution in [1.82, 2.24) is 0 Å². The molecule has 0 amide bonds. The summed E-state index contributed by atoms with van der Waals surface area (Å²) in [7, 11) is 0. The molecule has 0 aromatic rings. The molecule has 0 aromatic carbocycles. The first-order valence-corrected chi connectivity index (χ1v) is 25.3. The summed E-state index contributed by atoms with van der Waals surface area (Å²) >= 11 is 0. The predicted octanol–water partition coefficient (Wildman–Crippen LogP) is 16.4. The van der Waals surface area contributed by atoms with E-state index in [4.69, 9.17) is 14.2 Å². The molecule has 1 unspecified atom stereocenters. The molecule has 0 aliphatic carbocycles. The van der Waals surface area contributed by atoms with Gasteiger partial charge in [-0.15, -0.1) is 0 Å². The van der Waals surface area contributed by atoms with Crippen molar-refractivity contribution in [3.63, 3.8) is 0 Å². The van der Waals surface area contributed by atoms with Gasteiger partial charge in [0.1, 0.15) is 13.2 Å². The van der Waals surface area contributed by atoms with Crippen LogP contribution in [-0.4, -0.2) is 37.2 Å². The predicted molar refractivity (Wildman–Crippen MR) is 247 cm³/mol. The standard InChI is InChI=1S/C52H96O6/c1-4-7-10-13-15-17-19-21-23-24-25-26-27-28-29-31-32-34-36-39-42-45-51(54)57-48-49(47-56-50(53)44-41-38-12-9-6-3)58-52(55)46-43-40-37-35-33-30-22-20-18-16-14-11-8-5-2/h20,22,24-25,49H,4-19,21,23,26-48H2,1-3H3/b22-20-,25-24-. The molecule has 1 atom stereocenters. The van der Waals surface area contributed by atoms with Crippen LogP contribution in [0.4, 0.5) is 0 Å². The molecule has 58 heavy (non-hydrogen) atoms. The Bertz CT molecular complexity index is 942. The first-order chi connectivity index (χ1) is 28.5. The van der Waals surface area contributed by atoms with E-state index in [1.165, 1.54) is 161 Å². The summed E-state index contributed by atoms with van der Waals surface area (Å²) < 4.78 is 16.6. The summed E-state index contributed by atoms with van der Waals surface area (Å²) in [6.07, 6.45) is 53.4. The average Bonchev–Trinajstić information content (AvgIpc) is 3.22. The molecule has 0 aromatic heterocycles. The van der Waals surface area contributed by atoms with Gasteiger partial charge in [0.15, 0.2) is 6.10 Å². The Morgan fingerprint density at radius 1 is 0.328 bits per heavy atom. The number of rotatable bonds is 46. The zero-order chi connectivity index (χ0) is 42.3. The highest BCUT2D eigenvalue weighted by atomic mass is 16.6. The second-order valence-electron chi connectivity index (χ2n) is 17.1. The van der Waals surface area contributed by atoms with Crippen molar-refractivity contribution >= 4 is 17.9 Å². The van der Waals surface area contributed by atoms with Crippen LogP contribution in [0.2, 0.25) is 0 Å². The molecular formula is C52H96O6. The number of unbranched alkanes of at least 4 members (excludes halogenated alkanes) is 31. The van der Waals surface area contributed by atoms with Gasteiger partial charge in [0.2, 0.25) is 0 Å². The van der Waals surface area contributed by atoms with Crippen LogP contribution in [-0.2, 0) is 28.6 Å². The van der Waals surface area contributed by atoms with E-state index in [2.05, 4.69) is 45.1 Å². The third-order valence-electron chi connectivity index (χ3n) is 11.2. The first-order valence-electron chi connectivity index (χ1n) is 25.3. The second-order valence-corrected chi connectivity index (χ2v) is 17.1. The van der Waals surface area contributed by atoms with Crippen LogP contribution in [0, 0.1) is 0 Å². The highest BCUT2D eigenvalue weighted by Gasteiger charge is 2.19. The van der Waals surface area contributed by atoms with Gasteiger partial charge in [0.05, 0.1) is 0 Å². The first kappa shape index (κ1) is 55.9. The minimum atomic E-state index is -0.769. The normalized spacial score (nSPS) is 12.1. The van der Waals surface area contributed by atoms with Crippen LogP contribution in [0.3, 0.4) is 0 Å². The molecule has 0 aliphatic heterocycles.